The molecule has 10 heteroatoms. The molecule has 0 atom stereocenters. The average Bonchev–Trinajstić information content (AvgIpc) is 1.78. The summed E-state index contributed by atoms with van der Waals surface area (Å²) in [4.78, 5) is 1.49. The SMILES string of the molecule is CN(C)CCN(S(=O)(=O)O)S(=O)(=O)O. The number of nitrogens with zero attached hydrogens (tertiary/aromatic N) is 2. The van der Waals surface area contributed by atoms with E-state index in [1.165, 1.54) is 4.90 Å². The predicted molar refractivity (Wildman–Crippen MR) is 48.4 cm³/mol. The molecular formula is C4H12N2O6S2. The van der Waals surface area contributed by atoms with Gasteiger partial charge in [0.15, 0.2) is 0 Å². The van der Waals surface area contributed by atoms with Crippen molar-refractivity contribution in [1.82, 2.24) is 8.61 Å². The van der Waals surface area contributed by atoms with Crippen molar-refractivity contribution < 1.29 is 25.9 Å². The van der Waals surface area contributed by atoms with Crippen molar-refractivity contribution in [3.8, 4) is 0 Å². The van der Waals surface area contributed by atoms with Crippen LogP contribution in [0.3, 0.4) is 0 Å². The zero-order chi connectivity index (χ0) is 11.6. The van der Waals surface area contributed by atoms with E-state index in [0.29, 0.717) is 0 Å². The number of hydrogen-bond acceptors (Lipinski definition) is 5. The Morgan fingerprint density at radius 2 is 1.29 bits per heavy atom. The first-order chi connectivity index (χ1) is 6.05. The molecule has 0 rings (SSSR count). The zero-order valence-electron chi connectivity index (χ0n) is 7.65. The van der Waals surface area contributed by atoms with Gasteiger partial charge in [-0.1, -0.05) is 0 Å². The van der Waals surface area contributed by atoms with Crippen LogP contribution in [0.4, 0.5) is 0 Å². The van der Waals surface area contributed by atoms with Gasteiger partial charge in [0.25, 0.3) is 0 Å². The zero-order valence-corrected chi connectivity index (χ0v) is 9.29. The third kappa shape index (κ3) is 4.83. The second-order valence-corrected chi connectivity index (χ2v) is 5.66. The van der Waals surface area contributed by atoms with E-state index in [1.807, 2.05) is 0 Å². The summed E-state index contributed by atoms with van der Waals surface area (Å²) >= 11 is 0. The first kappa shape index (κ1) is 13.7. The van der Waals surface area contributed by atoms with Gasteiger partial charge < -0.3 is 4.90 Å². The molecule has 0 aromatic heterocycles. The van der Waals surface area contributed by atoms with Crippen molar-refractivity contribution >= 4 is 20.6 Å². The topological polar surface area (TPSA) is 115 Å². The maximum Gasteiger partial charge on any atom is 0.351 e. The highest BCUT2D eigenvalue weighted by atomic mass is 32.3. The molecular weight excluding hydrogens is 236 g/mol. The minimum absolute atomic E-state index is 0.0413. The van der Waals surface area contributed by atoms with Crippen LogP contribution in [0.1, 0.15) is 0 Å². The Morgan fingerprint density at radius 1 is 0.929 bits per heavy atom. The van der Waals surface area contributed by atoms with Crippen LogP contribution in [0.15, 0.2) is 0 Å². The Morgan fingerprint density at radius 3 is 1.50 bits per heavy atom. The summed E-state index contributed by atoms with van der Waals surface area (Å²) in [6.45, 7) is -0.510. The highest BCUT2D eigenvalue weighted by Gasteiger charge is 2.30. The molecule has 0 bridgehead atoms. The van der Waals surface area contributed by atoms with Crippen LogP contribution in [-0.4, -0.2) is 61.7 Å². The van der Waals surface area contributed by atoms with E-state index in [4.69, 9.17) is 9.11 Å². The number of likely N-dealkylation sites (N-methyl/N-ethyl adjacent to an activating group) is 1. The van der Waals surface area contributed by atoms with Gasteiger partial charge in [0.05, 0.1) is 0 Å². The fraction of sp³-hybridized carbons (Fsp3) is 1.00. The van der Waals surface area contributed by atoms with E-state index in [2.05, 4.69) is 0 Å². The molecule has 14 heavy (non-hydrogen) atoms. The van der Waals surface area contributed by atoms with Gasteiger partial charge >= 0.3 is 20.6 Å². The normalized spacial score (nSPS) is 13.9. The van der Waals surface area contributed by atoms with Crippen LogP contribution in [0.5, 0.6) is 0 Å². The molecule has 0 fully saturated rings. The Labute approximate surface area is 82.9 Å². The highest BCUT2D eigenvalue weighted by Crippen LogP contribution is 2.03. The lowest BCUT2D eigenvalue weighted by Gasteiger charge is -2.16. The summed E-state index contributed by atoms with van der Waals surface area (Å²) in [7, 11) is -6.75. The smallest absolute Gasteiger partial charge is 0.308 e. The minimum atomic E-state index is -4.95. The summed E-state index contributed by atoms with van der Waals surface area (Å²) in [6.07, 6.45) is 0. The summed E-state index contributed by atoms with van der Waals surface area (Å²) in [5, 5.41) is 0. The van der Waals surface area contributed by atoms with Gasteiger partial charge in [-0.2, -0.15) is 16.8 Å². The van der Waals surface area contributed by atoms with E-state index in [1.54, 1.807) is 14.1 Å². The Balaban J connectivity index is 4.80. The Bertz CT molecular complexity index is 339. The Hall–Kier alpha value is -0.260. The maximum atomic E-state index is 10.5. The molecule has 0 spiro atoms. The molecule has 0 aliphatic heterocycles. The summed E-state index contributed by atoms with van der Waals surface area (Å²) < 4.78 is 58.6. The van der Waals surface area contributed by atoms with E-state index in [0.717, 1.165) is 0 Å². The fourth-order valence-corrected chi connectivity index (χ4v) is 2.21. The van der Waals surface area contributed by atoms with Crippen LogP contribution in [-0.2, 0) is 20.6 Å². The van der Waals surface area contributed by atoms with E-state index in [9.17, 15) is 16.8 Å². The monoisotopic (exact) mass is 248 g/mol. The van der Waals surface area contributed by atoms with Gasteiger partial charge in [-0.05, 0) is 17.8 Å². The fourth-order valence-electron chi connectivity index (χ4n) is 0.631. The standard InChI is InChI=1S/C4H12N2O6S2/c1-5(2)3-4-6(13(7,8)9)14(10,11)12/h3-4H2,1-2H3,(H,7,8,9)(H,10,11,12). The quantitative estimate of drug-likeness (QED) is 0.566. The average molecular weight is 248 g/mol. The van der Waals surface area contributed by atoms with E-state index in [-0.39, 0.29) is 10.3 Å². The van der Waals surface area contributed by atoms with Crippen molar-refractivity contribution in [2.45, 2.75) is 0 Å². The van der Waals surface area contributed by atoms with Gasteiger partial charge in [0, 0.05) is 13.1 Å². The van der Waals surface area contributed by atoms with Crippen molar-refractivity contribution in [3.05, 3.63) is 0 Å². The molecule has 2 N–H and O–H groups in total. The molecule has 0 radical (unpaired) electrons. The predicted octanol–water partition coefficient (Wildman–Crippen LogP) is -1.54. The Kier molecular flexibility index (Phi) is 4.42. The van der Waals surface area contributed by atoms with Gasteiger partial charge in [0.1, 0.15) is 0 Å². The summed E-state index contributed by atoms with van der Waals surface area (Å²) in [5.74, 6) is 0. The van der Waals surface area contributed by atoms with Crippen LogP contribution >= 0.6 is 0 Å². The lowest BCUT2D eigenvalue weighted by molar-refractivity contribution is 0.342. The molecule has 0 amide bonds. The first-order valence-electron chi connectivity index (χ1n) is 3.42. The van der Waals surface area contributed by atoms with Crippen molar-refractivity contribution in [3.63, 3.8) is 0 Å². The molecule has 0 aliphatic rings. The van der Waals surface area contributed by atoms with Crippen molar-refractivity contribution in [2.75, 3.05) is 27.2 Å². The largest absolute Gasteiger partial charge is 0.351 e. The lowest BCUT2D eigenvalue weighted by Crippen LogP contribution is -2.40. The number of rotatable bonds is 5. The molecule has 0 aromatic carbocycles. The molecule has 0 unspecified atom stereocenters. The van der Waals surface area contributed by atoms with Crippen LogP contribution < -0.4 is 0 Å². The second kappa shape index (κ2) is 4.51. The van der Waals surface area contributed by atoms with E-state index >= 15 is 0 Å². The van der Waals surface area contributed by atoms with Crippen molar-refractivity contribution in [1.29, 1.82) is 0 Å². The second-order valence-electron chi connectivity index (χ2n) is 2.76. The third-order valence-electron chi connectivity index (χ3n) is 1.24. The van der Waals surface area contributed by atoms with Gasteiger partial charge in [-0.25, -0.2) is 0 Å². The molecule has 0 aromatic rings. The summed E-state index contributed by atoms with van der Waals surface area (Å²) in [5.41, 5.74) is 0. The third-order valence-corrected chi connectivity index (χ3v) is 3.77. The van der Waals surface area contributed by atoms with Crippen LogP contribution in [0, 0.1) is 0 Å². The van der Waals surface area contributed by atoms with Gasteiger partial charge in [0.2, 0.25) is 0 Å². The maximum absolute atomic E-state index is 10.5. The van der Waals surface area contributed by atoms with E-state index < -0.39 is 27.2 Å². The minimum Gasteiger partial charge on any atom is -0.308 e. The molecule has 0 saturated carbocycles. The van der Waals surface area contributed by atoms with Crippen LogP contribution in [0.2, 0.25) is 0 Å². The molecule has 86 valence electrons. The lowest BCUT2D eigenvalue weighted by atomic mass is 10.6. The van der Waals surface area contributed by atoms with Gasteiger partial charge in [-0.3, -0.25) is 9.11 Å². The molecule has 0 heterocycles. The van der Waals surface area contributed by atoms with Gasteiger partial charge in [-0.15, -0.1) is 0 Å². The molecule has 8 nitrogen and oxygen atoms in total. The van der Waals surface area contributed by atoms with Crippen LogP contribution in [0.25, 0.3) is 0 Å². The first-order valence-corrected chi connectivity index (χ1v) is 6.22. The molecule has 0 aliphatic carbocycles. The highest BCUT2D eigenvalue weighted by molar-refractivity contribution is 7.98. The van der Waals surface area contributed by atoms with Crippen molar-refractivity contribution in [2.24, 2.45) is 0 Å². The molecule has 0 saturated heterocycles. The summed E-state index contributed by atoms with van der Waals surface area (Å²) in [6, 6.07) is 0. The number of hydrogen-bond donors (Lipinski definition) is 2.